The Labute approximate surface area is 351 Å². The van der Waals surface area contributed by atoms with Crippen LogP contribution in [-0.4, -0.2) is 120 Å². The second kappa shape index (κ2) is 17.0. The summed E-state index contributed by atoms with van der Waals surface area (Å²) in [5, 5.41) is 25.3. The molecule has 14 nitrogen and oxygen atoms in total. The number of rotatable bonds is 10. The first-order valence-electron chi connectivity index (χ1n) is 21.6. The number of nitrogens with zero attached hydrogens (tertiary/aromatic N) is 7. The minimum Gasteiger partial charge on any atom is -0.507 e. The van der Waals surface area contributed by atoms with Crippen molar-refractivity contribution in [2.45, 2.75) is 81.5 Å². The lowest BCUT2D eigenvalue weighted by molar-refractivity contribution is -0.135. The van der Waals surface area contributed by atoms with Gasteiger partial charge in [-0.2, -0.15) is 0 Å². The number of fused-ring (bicyclic) bond motifs is 2. The highest BCUT2D eigenvalue weighted by Gasteiger charge is 2.41. The molecule has 5 fully saturated rings. The molecular weight excluding hydrogens is 757 g/mol. The summed E-state index contributed by atoms with van der Waals surface area (Å²) in [6.07, 6.45) is 6.89. The van der Waals surface area contributed by atoms with E-state index >= 15 is 0 Å². The van der Waals surface area contributed by atoms with Gasteiger partial charge in [0.15, 0.2) is 5.82 Å². The number of likely N-dealkylation sites (N-methyl/N-ethyl adjacent to an activating group) is 1. The van der Waals surface area contributed by atoms with Crippen molar-refractivity contribution >= 4 is 46.3 Å². The van der Waals surface area contributed by atoms with Gasteiger partial charge in [0.1, 0.15) is 11.8 Å². The molecule has 3 atom stereocenters. The Hall–Kier alpha value is -5.89. The predicted molar refractivity (Wildman–Crippen MR) is 234 cm³/mol. The number of para-hydroxylation sites is 1. The number of anilines is 5. The van der Waals surface area contributed by atoms with E-state index in [1.165, 1.54) is 11.3 Å². The van der Waals surface area contributed by atoms with E-state index in [4.69, 9.17) is 5.73 Å². The van der Waals surface area contributed by atoms with Crippen molar-refractivity contribution in [2.75, 3.05) is 78.6 Å². The fraction of sp³-hybridized carbons (Fsp3) is 0.457. The lowest BCUT2D eigenvalue weighted by Gasteiger charge is -2.43. The van der Waals surface area contributed by atoms with Gasteiger partial charge in [0.2, 0.25) is 17.7 Å². The fourth-order valence-corrected chi connectivity index (χ4v) is 10.2. The van der Waals surface area contributed by atoms with Gasteiger partial charge < -0.3 is 35.8 Å². The first kappa shape index (κ1) is 39.6. The first-order valence-corrected chi connectivity index (χ1v) is 21.6. The van der Waals surface area contributed by atoms with Crippen molar-refractivity contribution in [1.82, 2.24) is 25.3 Å². The number of imide groups is 1. The Morgan fingerprint density at radius 2 is 1.62 bits per heavy atom. The molecule has 5 saturated heterocycles. The van der Waals surface area contributed by atoms with Crippen molar-refractivity contribution in [1.29, 1.82) is 0 Å². The number of phenols is 1. The molecule has 5 aliphatic heterocycles. The molecule has 1 aromatic heterocycles. The quantitative estimate of drug-likeness (QED) is 0.162. The number of benzene rings is 3. The van der Waals surface area contributed by atoms with E-state index in [2.05, 4.69) is 78.0 Å². The SMILES string of the molecule is CN(c1cccc(C2CCN(CC(=O)N3CCC(Nc4cccc(N5[C@@H]6CC[C@H]5CN(c5cc(-c7ccccc7O)nnc5N)C6)c4)CC3)CC2)c1)C1CCC(=O)NC1=O. The van der Waals surface area contributed by atoms with Gasteiger partial charge in [0.25, 0.3) is 0 Å². The molecular formula is C46H56N10O4. The Bertz CT molecular complexity index is 2210. The highest BCUT2D eigenvalue weighted by Crippen LogP contribution is 2.40. The Morgan fingerprint density at radius 3 is 2.37 bits per heavy atom. The average Bonchev–Trinajstić information content (AvgIpc) is 3.53. The van der Waals surface area contributed by atoms with Crippen LogP contribution < -0.4 is 31.1 Å². The minimum absolute atomic E-state index is 0.169. The van der Waals surface area contributed by atoms with Gasteiger partial charge in [-0.25, -0.2) is 0 Å². The molecule has 0 aliphatic carbocycles. The van der Waals surface area contributed by atoms with Crippen molar-refractivity contribution in [2.24, 2.45) is 0 Å². The molecule has 314 valence electrons. The summed E-state index contributed by atoms with van der Waals surface area (Å²) in [5.41, 5.74) is 13.1. The Kier molecular flexibility index (Phi) is 11.2. The first-order chi connectivity index (χ1) is 29.2. The third-order valence-electron chi connectivity index (χ3n) is 13.5. The highest BCUT2D eigenvalue weighted by atomic mass is 16.3. The number of aromatic nitrogens is 2. The third-order valence-corrected chi connectivity index (χ3v) is 13.5. The van der Waals surface area contributed by atoms with E-state index in [1.807, 2.05) is 41.1 Å². The Balaban J connectivity index is 0.741. The molecule has 0 radical (unpaired) electrons. The third kappa shape index (κ3) is 8.29. The topological polar surface area (TPSA) is 164 Å². The normalized spacial score (nSPS) is 22.8. The largest absolute Gasteiger partial charge is 0.507 e. The summed E-state index contributed by atoms with van der Waals surface area (Å²) >= 11 is 0. The van der Waals surface area contributed by atoms with E-state index < -0.39 is 0 Å². The van der Waals surface area contributed by atoms with Crippen molar-refractivity contribution < 1.29 is 19.5 Å². The number of carbonyl (C=O) groups is 3. The summed E-state index contributed by atoms with van der Waals surface area (Å²) in [6.45, 7) is 5.39. The van der Waals surface area contributed by atoms with Crippen molar-refractivity contribution in [3.05, 3.63) is 84.4 Å². The zero-order valence-electron chi connectivity index (χ0n) is 34.4. The number of phenolic OH excluding ortho intramolecular Hbond substituents is 1. The molecule has 3 amide bonds. The standard InChI is InChI=1S/C46H56N10O4/c1-52(40-14-15-43(58)49-46(40)60)34-8-4-6-31(24-34)30-16-20-53(21-17-30)29-44(59)54-22-18-32(19-23-54)48-33-7-5-9-35(25-33)56-36-12-13-37(56)28-55(27-36)41-26-39(50-51-45(41)47)38-10-2-3-11-42(38)57/h2-11,24-26,30,32,36-37,40,48,57H,12-23,27-29H2,1H3,(H2,47,51)(H,49,58,60)/t36-,37+,40?. The number of aromatic hydroxyl groups is 1. The number of likely N-dealkylation sites (tertiary alicyclic amines) is 2. The summed E-state index contributed by atoms with van der Waals surface area (Å²) < 4.78 is 0. The van der Waals surface area contributed by atoms with Crippen LogP contribution in [0.5, 0.6) is 5.75 Å². The van der Waals surface area contributed by atoms with Crippen molar-refractivity contribution in [3.8, 4) is 17.0 Å². The van der Waals surface area contributed by atoms with E-state index in [0.29, 0.717) is 60.5 Å². The van der Waals surface area contributed by atoms with Crippen LogP contribution in [-0.2, 0) is 14.4 Å². The molecule has 1 unspecified atom stereocenters. The molecule has 0 saturated carbocycles. The van der Waals surface area contributed by atoms with Crippen LogP contribution in [0.15, 0.2) is 78.9 Å². The fourth-order valence-electron chi connectivity index (χ4n) is 10.2. The molecule has 4 aromatic rings. The maximum absolute atomic E-state index is 13.5. The number of nitrogens with two attached hydrogens (primary N) is 1. The van der Waals surface area contributed by atoms with Crippen LogP contribution in [0.1, 0.15) is 62.8 Å². The number of hydrogen-bond acceptors (Lipinski definition) is 12. The second-order valence-corrected chi connectivity index (χ2v) is 17.3. The van der Waals surface area contributed by atoms with E-state index in [1.54, 1.807) is 12.1 Å². The zero-order chi connectivity index (χ0) is 41.3. The smallest absolute Gasteiger partial charge is 0.249 e. The summed E-state index contributed by atoms with van der Waals surface area (Å²) in [6, 6.07) is 27.0. The lowest BCUT2D eigenvalue weighted by atomic mass is 9.89. The van der Waals surface area contributed by atoms with Crippen LogP contribution in [0.3, 0.4) is 0 Å². The molecule has 5 aliphatic rings. The number of hydrogen-bond donors (Lipinski definition) is 4. The highest BCUT2D eigenvalue weighted by molar-refractivity contribution is 6.01. The zero-order valence-corrected chi connectivity index (χ0v) is 34.4. The van der Waals surface area contributed by atoms with Gasteiger partial charge in [-0.3, -0.25) is 24.6 Å². The molecule has 9 rings (SSSR count). The van der Waals surface area contributed by atoms with Gasteiger partial charge in [0.05, 0.1) is 17.9 Å². The summed E-state index contributed by atoms with van der Waals surface area (Å²) in [4.78, 5) is 48.9. The van der Waals surface area contributed by atoms with E-state index in [9.17, 15) is 19.5 Å². The van der Waals surface area contributed by atoms with Crippen molar-refractivity contribution in [3.63, 3.8) is 0 Å². The number of nitrogens with one attached hydrogen (secondary N) is 2. The van der Waals surface area contributed by atoms with Crippen LogP contribution in [0.4, 0.5) is 28.6 Å². The molecule has 2 bridgehead atoms. The number of amides is 3. The lowest BCUT2D eigenvalue weighted by Crippen LogP contribution is -2.54. The molecule has 60 heavy (non-hydrogen) atoms. The van der Waals surface area contributed by atoms with Crippen LogP contribution >= 0.6 is 0 Å². The van der Waals surface area contributed by atoms with E-state index in [-0.39, 0.29) is 29.5 Å². The number of piperazine rings is 1. The van der Waals surface area contributed by atoms with Gasteiger partial charge >= 0.3 is 0 Å². The maximum atomic E-state index is 13.5. The van der Waals surface area contributed by atoms with Gasteiger partial charge in [-0.05, 0) is 118 Å². The number of nitrogen functional groups attached to an aromatic ring is 1. The summed E-state index contributed by atoms with van der Waals surface area (Å²) in [5.74, 6) is 0.761. The number of carbonyl (C=O) groups excluding carboxylic acids is 3. The van der Waals surface area contributed by atoms with Crippen LogP contribution in [0, 0.1) is 0 Å². The second-order valence-electron chi connectivity index (χ2n) is 17.3. The minimum atomic E-state index is -0.348. The monoisotopic (exact) mass is 812 g/mol. The molecule has 3 aromatic carbocycles. The van der Waals surface area contributed by atoms with Crippen LogP contribution in [0.25, 0.3) is 11.3 Å². The number of piperidine rings is 3. The molecule has 5 N–H and O–H groups in total. The molecule has 6 heterocycles. The van der Waals surface area contributed by atoms with Gasteiger partial charge in [0, 0.05) is 80.4 Å². The van der Waals surface area contributed by atoms with Gasteiger partial charge in [-0.15, -0.1) is 10.2 Å². The van der Waals surface area contributed by atoms with Gasteiger partial charge in [-0.1, -0.05) is 30.3 Å². The average molecular weight is 813 g/mol. The predicted octanol–water partition coefficient (Wildman–Crippen LogP) is 4.81. The molecule has 0 spiro atoms. The molecule has 14 heteroatoms. The summed E-state index contributed by atoms with van der Waals surface area (Å²) in [7, 11) is 1.92. The van der Waals surface area contributed by atoms with Crippen LogP contribution in [0.2, 0.25) is 0 Å². The maximum Gasteiger partial charge on any atom is 0.249 e. The van der Waals surface area contributed by atoms with E-state index in [0.717, 1.165) is 94.9 Å². The Morgan fingerprint density at radius 1 is 0.867 bits per heavy atom.